The minimum absolute atomic E-state index is 0.128. The molecule has 5 heteroatoms. The number of nitrogens with one attached hydrogen (secondary N) is 1. The summed E-state index contributed by atoms with van der Waals surface area (Å²) in [4.78, 5) is 0.521. The number of rotatable bonds is 7. The lowest BCUT2D eigenvalue weighted by atomic mass is 10.1. The quantitative estimate of drug-likeness (QED) is 0.265. The Balaban J connectivity index is 2.41. The largest absolute Gasteiger partial charge is 0.502 e. The number of aromatic nitrogens is 1. The molecule has 0 radical (unpaired) electrons. The summed E-state index contributed by atoms with van der Waals surface area (Å²) >= 11 is 5.52. The van der Waals surface area contributed by atoms with Crippen LogP contribution in [0.2, 0.25) is 0 Å². The highest BCUT2D eigenvalue weighted by Gasteiger charge is 2.23. The second-order valence-corrected chi connectivity index (χ2v) is 5.73. The monoisotopic (exact) mass is 343 g/mol. The molecule has 2 rings (SSSR count). The first-order chi connectivity index (χ1) is 11.7. The van der Waals surface area contributed by atoms with Gasteiger partial charge >= 0.3 is 0 Å². The van der Waals surface area contributed by atoms with Gasteiger partial charge in [-0.2, -0.15) is 4.57 Å². The van der Waals surface area contributed by atoms with Crippen molar-refractivity contribution in [3.05, 3.63) is 60.4 Å². The van der Waals surface area contributed by atoms with Gasteiger partial charge in [-0.05, 0) is 30.7 Å². The third-order valence-electron chi connectivity index (χ3n) is 3.59. The molecule has 0 unspecified atom stereocenters. The Labute approximate surface area is 148 Å². The van der Waals surface area contributed by atoms with Gasteiger partial charge in [-0.25, -0.2) is 0 Å². The number of hydrogen-bond acceptors (Lipinski definition) is 3. The van der Waals surface area contributed by atoms with Crippen LogP contribution in [0.1, 0.15) is 25.3 Å². The number of aliphatic hydroxyl groups excluding tert-OH is 1. The standard InChI is InChI=1S/C19H22N2O2S/c1-3-4-12-20-19(24)17(21-13-6-5-7-14-21)18(22)15-8-10-16(23-2)11-9-15/h5-11,13-14H,3-4,12H2,1-2H3,(H-,20,22,24)/p+1. The molecule has 0 spiro atoms. The molecule has 0 bridgehead atoms. The van der Waals surface area contributed by atoms with Gasteiger partial charge < -0.3 is 15.2 Å². The maximum absolute atomic E-state index is 10.8. The zero-order valence-corrected chi connectivity index (χ0v) is 14.8. The molecule has 0 aliphatic heterocycles. The van der Waals surface area contributed by atoms with Gasteiger partial charge in [0, 0.05) is 24.2 Å². The van der Waals surface area contributed by atoms with Crippen molar-refractivity contribution in [1.29, 1.82) is 0 Å². The first kappa shape index (κ1) is 17.9. The number of nitrogens with zero attached hydrogens (tertiary/aromatic N) is 1. The van der Waals surface area contributed by atoms with Crippen molar-refractivity contribution in [2.45, 2.75) is 19.8 Å². The van der Waals surface area contributed by atoms with Gasteiger partial charge in [0.2, 0.25) is 0 Å². The van der Waals surface area contributed by atoms with Crippen molar-refractivity contribution in [2.24, 2.45) is 0 Å². The Morgan fingerprint density at radius 1 is 1.17 bits per heavy atom. The van der Waals surface area contributed by atoms with E-state index in [1.54, 1.807) is 7.11 Å². The maximum atomic E-state index is 10.8. The van der Waals surface area contributed by atoms with Gasteiger partial charge in [0.25, 0.3) is 5.70 Å². The normalized spacial score (nSPS) is 11.6. The van der Waals surface area contributed by atoms with E-state index in [1.165, 1.54) is 0 Å². The highest BCUT2D eigenvalue weighted by Crippen LogP contribution is 2.20. The molecule has 1 heterocycles. The Bertz CT molecular complexity index is 697. The van der Waals surface area contributed by atoms with Crippen LogP contribution in [-0.4, -0.2) is 23.7 Å². The van der Waals surface area contributed by atoms with E-state index in [4.69, 9.17) is 17.0 Å². The molecule has 0 amide bonds. The SMILES string of the molecule is CCCCNC(=S)C(=C(O)c1ccc(OC)cc1)[n+]1ccccc1. The van der Waals surface area contributed by atoms with E-state index in [-0.39, 0.29) is 5.76 Å². The Morgan fingerprint density at radius 3 is 2.42 bits per heavy atom. The summed E-state index contributed by atoms with van der Waals surface area (Å²) in [6.45, 7) is 2.91. The van der Waals surface area contributed by atoms with E-state index in [1.807, 2.05) is 59.4 Å². The summed E-state index contributed by atoms with van der Waals surface area (Å²) in [5.74, 6) is 0.868. The molecule has 126 valence electrons. The highest BCUT2D eigenvalue weighted by atomic mass is 32.1. The Hall–Kier alpha value is -2.40. The number of ether oxygens (including phenoxy) is 1. The minimum atomic E-state index is 0.128. The first-order valence-corrected chi connectivity index (χ1v) is 8.40. The summed E-state index contributed by atoms with van der Waals surface area (Å²) in [7, 11) is 1.61. The first-order valence-electron chi connectivity index (χ1n) is 8.00. The number of unbranched alkanes of at least 4 members (excludes halogenated alkanes) is 1. The summed E-state index contributed by atoms with van der Waals surface area (Å²) in [5.41, 5.74) is 1.24. The summed E-state index contributed by atoms with van der Waals surface area (Å²) in [5, 5.41) is 14.0. The number of aliphatic hydroxyl groups is 1. The van der Waals surface area contributed by atoms with E-state index < -0.39 is 0 Å². The van der Waals surface area contributed by atoms with Crippen LogP contribution in [0.25, 0.3) is 11.5 Å². The van der Waals surface area contributed by atoms with Gasteiger partial charge in [-0.1, -0.05) is 31.6 Å². The predicted molar refractivity (Wildman–Crippen MR) is 101 cm³/mol. The van der Waals surface area contributed by atoms with E-state index in [0.717, 1.165) is 25.1 Å². The number of hydrogen-bond donors (Lipinski definition) is 2. The third-order valence-corrected chi connectivity index (χ3v) is 3.93. The van der Waals surface area contributed by atoms with Crippen molar-refractivity contribution in [3.63, 3.8) is 0 Å². The van der Waals surface area contributed by atoms with Crippen LogP contribution in [-0.2, 0) is 0 Å². The lowest BCUT2D eigenvalue weighted by molar-refractivity contribution is -0.576. The average molecular weight is 343 g/mol. The van der Waals surface area contributed by atoms with Crippen molar-refractivity contribution >= 4 is 28.7 Å². The van der Waals surface area contributed by atoms with E-state index in [0.29, 0.717) is 16.2 Å². The fourth-order valence-electron chi connectivity index (χ4n) is 2.24. The van der Waals surface area contributed by atoms with Gasteiger partial charge in [-0.3, -0.25) is 0 Å². The average Bonchev–Trinajstić information content (AvgIpc) is 2.63. The smallest absolute Gasteiger partial charge is 0.287 e. The lowest BCUT2D eigenvalue weighted by Crippen LogP contribution is -2.41. The third kappa shape index (κ3) is 4.55. The highest BCUT2D eigenvalue weighted by molar-refractivity contribution is 7.81. The van der Waals surface area contributed by atoms with E-state index >= 15 is 0 Å². The zero-order valence-electron chi connectivity index (χ0n) is 14.0. The molecule has 2 N–H and O–H groups in total. The maximum Gasteiger partial charge on any atom is 0.287 e. The van der Waals surface area contributed by atoms with Gasteiger partial charge in [0.1, 0.15) is 5.75 Å². The molecule has 24 heavy (non-hydrogen) atoms. The van der Waals surface area contributed by atoms with Gasteiger partial charge in [0.05, 0.1) is 7.11 Å². The summed E-state index contributed by atoms with van der Waals surface area (Å²) in [6, 6.07) is 13.0. The molecule has 2 aromatic rings. The van der Waals surface area contributed by atoms with Gasteiger partial charge in [0.15, 0.2) is 23.1 Å². The minimum Gasteiger partial charge on any atom is -0.502 e. The van der Waals surface area contributed by atoms with Crippen molar-refractivity contribution in [2.75, 3.05) is 13.7 Å². The lowest BCUT2D eigenvalue weighted by Gasteiger charge is -2.10. The fourth-order valence-corrected chi connectivity index (χ4v) is 2.55. The molecule has 4 nitrogen and oxygen atoms in total. The summed E-state index contributed by atoms with van der Waals surface area (Å²) < 4.78 is 6.99. The number of thiocarbonyl (C=S) groups is 1. The fraction of sp³-hybridized carbons (Fsp3) is 0.263. The topological polar surface area (TPSA) is 45.4 Å². The molecule has 1 aromatic carbocycles. The van der Waals surface area contributed by atoms with Crippen LogP contribution in [0.4, 0.5) is 0 Å². The predicted octanol–water partition coefficient (Wildman–Crippen LogP) is 3.58. The molecule has 1 aromatic heterocycles. The van der Waals surface area contributed by atoms with Crippen molar-refractivity contribution in [3.8, 4) is 5.75 Å². The number of methoxy groups -OCH3 is 1. The zero-order chi connectivity index (χ0) is 17.4. The van der Waals surface area contributed by atoms with Crippen LogP contribution >= 0.6 is 12.2 Å². The van der Waals surface area contributed by atoms with Gasteiger partial charge in [-0.15, -0.1) is 0 Å². The molecular weight excluding hydrogens is 320 g/mol. The molecule has 0 saturated carbocycles. The summed E-state index contributed by atoms with van der Waals surface area (Å²) in [6.07, 6.45) is 5.83. The molecule has 0 atom stereocenters. The van der Waals surface area contributed by atoms with Crippen LogP contribution in [0.3, 0.4) is 0 Å². The van der Waals surface area contributed by atoms with Crippen LogP contribution in [0, 0.1) is 0 Å². The van der Waals surface area contributed by atoms with Crippen LogP contribution < -0.4 is 14.6 Å². The number of pyridine rings is 1. The van der Waals surface area contributed by atoms with Crippen LogP contribution in [0.5, 0.6) is 5.75 Å². The molecule has 0 aliphatic carbocycles. The second kappa shape index (κ2) is 9.03. The Morgan fingerprint density at radius 2 is 1.83 bits per heavy atom. The second-order valence-electron chi connectivity index (χ2n) is 5.32. The molecular formula is C19H23N2O2S+. The van der Waals surface area contributed by atoms with E-state index in [2.05, 4.69) is 12.2 Å². The molecule has 0 saturated heterocycles. The van der Waals surface area contributed by atoms with Crippen LogP contribution in [0.15, 0.2) is 54.9 Å². The van der Waals surface area contributed by atoms with Crippen molar-refractivity contribution < 1.29 is 14.4 Å². The Kier molecular flexibility index (Phi) is 6.75. The molecule has 0 aliphatic rings. The number of benzene rings is 1. The van der Waals surface area contributed by atoms with E-state index in [9.17, 15) is 5.11 Å². The van der Waals surface area contributed by atoms with Crippen molar-refractivity contribution in [1.82, 2.24) is 5.32 Å². The molecule has 0 fully saturated rings.